The van der Waals surface area contributed by atoms with E-state index in [1.807, 2.05) is 53.2 Å². The maximum absolute atomic E-state index is 9.35. The number of thiazole rings is 1. The van der Waals surface area contributed by atoms with Gasteiger partial charge in [-0.15, -0.1) is 22.7 Å². The summed E-state index contributed by atoms with van der Waals surface area (Å²) in [5.41, 5.74) is 2.53. The third kappa shape index (κ3) is 3.30. The second-order valence-corrected chi connectivity index (χ2v) is 6.99. The van der Waals surface area contributed by atoms with E-state index >= 15 is 0 Å². The van der Waals surface area contributed by atoms with Gasteiger partial charge in [-0.1, -0.05) is 34.1 Å². The van der Waals surface area contributed by atoms with Gasteiger partial charge in [0.1, 0.15) is 11.1 Å². The van der Waals surface area contributed by atoms with E-state index < -0.39 is 0 Å². The highest BCUT2D eigenvalue weighted by molar-refractivity contribution is 9.10. The summed E-state index contributed by atoms with van der Waals surface area (Å²) < 4.78 is 1.02. The Morgan fingerprint density at radius 3 is 2.86 bits per heavy atom. The van der Waals surface area contributed by atoms with Crippen LogP contribution < -0.4 is 0 Å². The van der Waals surface area contributed by atoms with Crippen LogP contribution in [-0.2, 0) is 0 Å². The molecule has 102 valence electrons. The molecule has 2 aromatic heterocycles. The molecule has 2 heterocycles. The quantitative estimate of drug-likeness (QED) is 0.553. The third-order valence-electron chi connectivity index (χ3n) is 2.81. The Morgan fingerprint density at radius 2 is 2.14 bits per heavy atom. The number of halogens is 1. The first-order valence-electron chi connectivity index (χ1n) is 6.13. The monoisotopic (exact) mass is 372 g/mol. The van der Waals surface area contributed by atoms with Crippen molar-refractivity contribution < 1.29 is 0 Å². The number of hydrogen-bond acceptors (Lipinski definition) is 4. The summed E-state index contributed by atoms with van der Waals surface area (Å²) in [7, 11) is 0. The van der Waals surface area contributed by atoms with Gasteiger partial charge in [0.05, 0.1) is 11.3 Å². The number of rotatable bonds is 3. The topological polar surface area (TPSA) is 36.7 Å². The first-order valence-corrected chi connectivity index (χ1v) is 8.68. The third-order valence-corrected chi connectivity index (χ3v) is 4.99. The standard InChI is InChI=1S/C16H9BrN2S2/c17-13-4-1-3-11(7-13)15-10-21-16(19-15)12(9-18)8-14-5-2-6-20-14/h1-8,10H/b12-8-. The molecule has 0 atom stereocenters. The van der Waals surface area contributed by atoms with Gasteiger partial charge < -0.3 is 0 Å². The van der Waals surface area contributed by atoms with E-state index in [-0.39, 0.29) is 0 Å². The maximum Gasteiger partial charge on any atom is 0.134 e. The van der Waals surface area contributed by atoms with Crippen molar-refractivity contribution in [3.05, 3.63) is 61.5 Å². The molecule has 5 heteroatoms. The summed E-state index contributed by atoms with van der Waals surface area (Å²) in [5, 5.41) is 14.1. The zero-order valence-electron chi connectivity index (χ0n) is 10.8. The average molecular weight is 373 g/mol. The summed E-state index contributed by atoms with van der Waals surface area (Å²) in [4.78, 5) is 5.65. The highest BCUT2D eigenvalue weighted by atomic mass is 79.9. The zero-order chi connectivity index (χ0) is 14.7. The molecule has 1 aromatic carbocycles. The minimum Gasteiger partial charge on any atom is -0.235 e. The molecule has 0 unspecified atom stereocenters. The minimum atomic E-state index is 0.601. The van der Waals surface area contributed by atoms with Crippen LogP contribution in [0.15, 0.2) is 51.6 Å². The Labute approximate surface area is 139 Å². The van der Waals surface area contributed by atoms with Crippen LogP contribution in [0, 0.1) is 11.3 Å². The van der Waals surface area contributed by atoms with E-state index in [0.29, 0.717) is 5.57 Å². The molecule has 21 heavy (non-hydrogen) atoms. The summed E-state index contributed by atoms with van der Waals surface area (Å²) in [6.07, 6.45) is 1.88. The number of nitrogens with zero attached hydrogens (tertiary/aromatic N) is 2. The molecule has 0 bridgehead atoms. The second kappa shape index (κ2) is 6.35. The van der Waals surface area contributed by atoms with E-state index in [9.17, 15) is 5.26 Å². The maximum atomic E-state index is 9.35. The lowest BCUT2D eigenvalue weighted by Gasteiger charge is -1.97. The van der Waals surface area contributed by atoms with Crippen LogP contribution in [0.1, 0.15) is 9.88 Å². The van der Waals surface area contributed by atoms with Crippen molar-refractivity contribution in [1.29, 1.82) is 5.26 Å². The first-order chi connectivity index (χ1) is 10.3. The zero-order valence-corrected chi connectivity index (χ0v) is 14.0. The average Bonchev–Trinajstić information content (AvgIpc) is 3.16. The van der Waals surface area contributed by atoms with Crippen LogP contribution in [-0.4, -0.2) is 4.98 Å². The van der Waals surface area contributed by atoms with Gasteiger partial charge in [0.25, 0.3) is 0 Å². The SMILES string of the molecule is N#C/C(=C/c1cccs1)c1nc(-c2cccc(Br)c2)cs1. The molecule has 3 rings (SSSR count). The fourth-order valence-corrected chi connectivity index (χ4v) is 3.69. The highest BCUT2D eigenvalue weighted by Gasteiger charge is 2.09. The summed E-state index contributed by atoms with van der Waals surface area (Å²) in [6.45, 7) is 0. The van der Waals surface area contributed by atoms with Crippen molar-refractivity contribution in [3.8, 4) is 17.3 Å². The molecule has 0 spiro atoms. The Balaban J connectivity index is 1.96. The van der Waals surface area contributed by atoms with Crippen molar-refractivity contribution in [2.45, 2.75) is 0 Å². The van der Waals surface area contributed by atoms with Gasteiger partial charge in [-0.3, -0.25) is 0 Å². The molecule has 0 saturated carbocycles. The van der Waals surface area contributed by atoms with Crippen molar-refractivity contribution >= 4 is 50.3 Å². The van der Waals surface area contributed by atoms with Crippen LogP contribution in [0.3, 0.4) is 0 Å². The Bertz CT molecular complexity index is 826. The van der Waals surface area contributed by atoms with E-state index in [0.717, 1.165) is 25.6 Å². The van der Waals surface area contributed by atoms with E-state index in [1.54, 1.807) is 11.3 Å². The van der Waals surface area contributed by atoms with Crippen LogP contribution in [0.4, 0.5) is 0 Å². The summed E-state index contributed by atoms with van der Waals surface area (Å²) >= 11 is 6.56. The summed E-state index contributed by atoms with van der Waals surface area (Å²) in [5.74, 6) is 0. The highest BCUT2D eigenvalue weighted by Crippen LogP contribution is 2.29. The molecule has 2 nitrogen and oxygen atoms in total. The Morgan fingerprint density at radius 1 is 1.24 bits per heavy atom. The van der Waals surface area contributed by atoms with Gasteiger partial charge in [-0.05, 0) is 29.7 Å². The van der Waals surface area contributed by atoms with Gasteiger partial charge in [-0.2, -0.15) is 5.26 Å². The molecular weight excluding hydrogens is 364 g/mol. The minimum absolute atomic E-state index is 0.601. The largest absolute Gasteiger partial charge is 0.235 e. The van der Waals surface area contributed by atoms with Crippen molar-refractivity contribution in [2.75, 3.05) is 0 Å². The lowest BCUT2D eigenvalue weighted by atomic mass is 10.2. The van der Waals surface area contributed by atoms with E-state index in [1.165, 1.54) is 11.3 Å². The van der Waals surface area contributed by atoms with Crippen molar-refractivity contribution in [1.82, 2.24) is 4.98 Å². The van der Waals surface area contributed by atoms with Crippen molar-refractivity contribution in [2.24, 2.45) is 0 Å². The van der Waals surface area contributed by atoms with Crippen LogP contribution >= 0.6 is 38.6 Å². The van der Waals surface area contributed by atoms with Crippen molar-refractivity contribution in [3.63, 3.8) is 0 Å². The molecule has 0 amide bonds. The van der Waals surface area contributed by atoms with Gasteiger partial charge in [0.2, 0.25) is 0 Å². The molecule has 0 aliphatic heterocycles. The Hall–Kier alpha value is -1.74. The Kier molecular flexibility index (Phi) is 4.30. The normalized spacial score (nSPS) is 11.3. The van der Waals surface area contributed by atoms with Crippen LogP contribution in [0.25, 0.3) is 22.9 Å². The molecule has 3 aromatic rings. The number of benzene rings is 1. The fraction of sp³-hybridized carbons (Fsp3) is 0. The van der Waals surface area contributed by atoms with Gasteiger partial charge >= 0.3 is 0 Å². The molecular formula is C16H9BrN2S2. The molecule has 0 saturated heterocycles. The number of nitriles is 1. The van der Waals surface area contributed by atoms with Crippen LogP contribution in [0.5, 0.6) is 0 Å². The predicted molar refractivity (Wildman–Crippen MR) is 93.1 cm³/mol. The number of thiophene rings is 1. The molecule has 0 radical (unpaired) electrons. The lowest BCUT2D eigenvalue weighted by Crippen LogP contribution is -1.82. The molecule has 0 fully saturated rings. The molecule has 0 aliphatic rings. The van der Waals surface area contributed by atoms with E-state index in [2.05, 4.69) is 27.0 Å². The predicted octanol–water partition coefficient (Wildman–Crippen LogP) is 5.70. The number of allylic oxidation sites excluding steroid dienone is 1. The summed E-state index contributed by atoms with van der Waals surface area (Å²) in [6, 6.07) is 14.2. The number of aromatic nitrogens is 1. The molecule has 0 aliphatic carbocycles. The smallest absolute Gasteiger partial charge is 0.134 e. The first kappa shape index (κ1) is 14.2. The fourth-order valence-electron chi connectivity index (χ4n) is 1.84. The molecule has 0 N–H and O–H groups in total. The van der Waals surface area contributed by atoms with E-state index in [4.69, 9.17) is 0 Å². The second-order valence-electron chi connectivity index (χ2n) is 4.23. The number of hydrogen-bond donors (Lipinski definition) is 0. The van der Waals surface area contributed by atoms with Crippen LogP contribution in [0.2, 0.25) is 0 Å². The van der Waals surface area contributed by atoms with Gasteiger partial charge in [0.15, 0.2) is 0 Å². The van der Waals surface area contributed by atoms with Gasteiger partial charge in [0, 0.05) is 20.3 Å². The lowest BCUT2D eigenvalue weighted by molar-refractivity contribution is 1.37. The van der Waals surface area contributed by atoms with Gasteiger partial charge in [-0.25, -0.2) is 4.98 Å².